The van der Waals surface area contributed by atoms with E-state index in [0.717, 1.165) is 24.3 Å². The first-order valence-corrected chi connectivity index (χ1v) is 7.99. The summed E-state index contributed by atoms with van der Waals surface area (Å²) in [5.41, 5.74) is 0. The molecule has 1 N–H and O–H groups in total. The molecule has 4 heterocycles. The minimum absolute atomic E-state index is 0.0500. The van der Waals surface area contributed by atoms with Crippen LogP contribution in [0.3, 0.4) is 0 Å². The fourth-order valence-electron chi connectivity index (χ4n) is 5.34. The zero-order valence-corrected chi connectivity index (χ0v) is 11.3. The molecule has 4 saturated heterocycles. The SMILES string of the molecule is O[C@H]1CCCN2CC3CC(CN4CCCCC34)[C@@H]12. The molecule has 0 aromatic heterocycles. The molecule has 4 fully saturated rings. The molecule has 0 radical (unpaired) electrons. The Hall–Kier alpha value is -0.120. The maximum absolute atomic E-state index is 10.4. The van der Waals surface area contributed by atoms with Gasteiger partial charge in [-0.15, -0.1) is 0 Å². The Bertz CT molecular complexity index is 322. The van der Waals surface area contributed by atoms with Crippen molar-refractivity contribution >= 4 is 0 Å². The smallest absolute Gasteiger partial charge is 0.0699 e. The van der Waals surface area contributed by atoms with Crippen LogP contribution in [0.1, 0.15) is 38.5 Å². The quantitative estimate of drug-likeness (QED) is 0.702. The lowest BCUT2D eigenvalue weighted by Crippen LogP contribution is -2.66. The number of fused-ring (bicyclic) bond motifs is 6. The van der Waals surface area contributed by atoms with Crippen molar-refractivity contribution in [3.8, 4) is 0 Å². The summed E-state index contributed by atoms with van der Waals surface area (Å²) in [6.07, 6.45) is 7.84. The normalized spacial score (nSPS) is 49.5. The highest BCUT2D eigenvalue weighted by molar-refractivity contribution is 5.02. The molecule has 3 nitrogen and oxygen atoms in total. The van der Waals surface area contributed by atoms with Gasteiger partial charge in [0.2, 0.25) is 0 Å². The molecule has 0 amide bonds. The first-order valence-electron chi connectivity index (χ1n) is 7.99. The minimum Gasteiger partial charge on any atom is -0.391 e. The molecule has 3 unspecified atom stereocenters. The lowest BCUT2D eigenvalue weighted by molar-refractivity contribution is -0.111. The topological polar surface area (TPSA) is 26.7 Å². The zero-order valence-electron chi connectivity index (χ0n) is 11.3. The molecule has 18 heavy (non-hydrogen) atoms. The van der Waals surface area contributed by atoms with E-state index in [9.17, 15) is 5.11 Å². The maximum Gasteiger partial charge on any atom is 0.0699 e. The highest BCUT2D eigenvalue weighted by Crippen LogP contribution is 2.42. The molecule has 4 aliphatic rings. The average Bonchev–Trinajstić information content (AvgIpc) is 2.39. The maximum atomic E-state index is 10.4. The second-order valence-corrected chi connectivity index (χ2v) is 7.01. The van der Waals surface area contributed by atoms with Crippen molar-refractivity contribution in [2.45, 2.75) is 56.7 Å². The third-order valence-corrected chi connectivity index (χ3v) is 6.00. The molecule has 4 aliphatic heterocycles. The Labute approximate surface area is 110 Å². The van der Waals surface area contributed by atoms with Crippen LogP contribution >= 0.6 is 0 Å². The van der Waals surface area contributed by atoms with Crippen molar-refractivity contribution < 1.29 is 5.11 Å². The van der Waals surface area contributed by atoms with Crippen molar-refractivity contribution in [1.29, 1.82) is 0 Å². The molecule has 3 heteroatoms. The Balaban J connectivity index is 1.58. The van der Waals surface area contributed by atoms with Gasteiger partial charge in [0, 0.05) is 25.2 Å². The summed E-state index contributed by atoms with van der Waals surface area (Å²) < 4.78 is 0. The van der Waals surface area contributed by atoms with E-state index in [2.05, 4.69) is 9.80 Å². The third-order valence-electron chi connectivity index (χ3n) is 6.00. The van der Waals surface area contributed by atoms with Crippen LogP contribution in [-0.2, 0) is 0 Å². The zero-order chi connectivity index (χ0) is 12.1. The molecule has 0 aromatic rings. The van der Waals surface area contributed by atoms with E-state index < -0.39 is 0 Å². The summed E-state index contributed by atoms with van der Waals surface area (Å²) >= 11 is 0. The Morgan fingerprint density at radius 2 is 1.67 bits per heavy atom. The standard InChI is InChI=1S/C15H26N2O/c18-14-5-3-7-17-9-11-8-12(15(14)17)10-16-6-2-1-4-13(11)16/h11-15,18H,1-10H2/t11?,12?,13?,14-,15-/m0/s1. The number of hydrogen-bond acceptors (Lipinski definition) is 3. The first kappa shape index (κ1) is 11.7. The summed E-state index contributed by atoms with van der Waals surface area (Å²) in [6.45, 7) is 5.08. The Morgan fingerprint density at radius 1 is 0.833 bits per heavy atom. The fourth-order valence-corrected chi connectivity index (χ4v) is 5.34. The van der Waals surface area contributed by atoms with Crippen LogP contribution in [0, 0.1) is 11.8 Å². The second-order valence-electron chi connectivity index (χ2n) is 7.01. The van der Waals surface area contributed by atoms with Gasteiger partial charge in [0.15, 0.2) is 0 Å². The van der Waals surface area contributed by atoms with Crippen LogP contribution in [0.4, 0.5) is 0 Å². The molecule has 102 valence electrons. The van der Waals surface area contributed by atoms with E-state index in [0.29, 0.717) is 6.04 Å². The molecule has 0 saturated carbocycles. The molecular weight excluding hydrogens is 224 g/mol. The van der Waals surface area contributed by atoms with Gasteiger partial charge < -0.3 is 5.11 Å². The van der Waals surface area contributed by atoms with Gasteiger partial charge in [-0.2, -0.15) is 0 Å². The minimum atomic E-state index is -0.0500. The van der Waals surface area contributed by atoms with E-state index >= 15 is 0 Å². The van der Waals surface area contributed by atoms with Gasteiger partial charge in [0.25, 0.3) is 0 Å². The highest BCUT2D eigenvalue weighted by Gasteiger charge is 2.48. The molecule has 0 spiro atoms. The van der Waals surface area contributed by atoms with Crippen LogP contribution in [0.5, 0.6) is 0 Å². The van der Waals surface area contributed by atoms with Crippen molar-refractivity contribution in [1.82, 2.24) is 9.80 Å². The van der Waals surface area contributed by atoms with Gasteiger partial charge in [-0.25, -0.2) is 0 Å². The van der Waals surface area contributed by atoms with Gasteiger partial charge in [-0.1, -0.05) is 6.42 Å². The molecule has 0 aliphatic carbocycles. The van der Waals surface area contributed by atoms with Crippen molar-refractivity contribution in [3.05, 3.63) is 0 Å². The van der Waals surface area contributed by atoms with Gasteiger partial charge in [0.05, 0.1) is 6.10 Å². The first-order chi connectivity index (χ1) is 8.83. The summed E-state index contributed by atoms with van der Waals surface area (Å²) in [5, 5.41) is 10.4. The largest absolute Gasteiger partial charge is 0.391 e. The van der Waals surface area contributed by atoms with Crippen LogP contribution < -0.4 is 0 Å². The van der Waals surface area contributed by atoms with Crippen molar-refractivity contribution in [3.63, 3.8) is 0 Å². The molecule has 4 rings (SSSR count). The summed E-state index contributed by atoms with van der Waals surface area (Å²) in [5.74, 6) is 1.64. The van der Waals surface area contributed by atoms with Crippen LogP contribution in [0.2, 0.25) is 0 Å². The molecule has 0 aromatic carbocycles. The summed E-state index contributed by atoms with van der Waals surface area (Å²) in [4.78, 5) is 5.40. The summed E-state index contributed by atoms with van der Waals surface area (Å²) in [6, 6.07) is 1.35. The lowest BCUT2D eigenvalue weighted by atomic mass is 9.70. The van der Waals surface area contributed by atoms with Gasteiger partial charge in [0.1, 0.15) is 0 Å². The predicted molar refractivity (Wildman–Crippen MR) is 71.4 cm³/mol. The van der Waals surface area contributed by atoms with Crippen LogP contribution in [0.25, 0.3) is 0 Å². The van der Waals surface area contributed by atoms with E-state index in [1.807, 2.05) is 0 Å². The van der Waals surface area contributed by atoms with Gasteiger partial charge in [-0.3, -0.25) is 9.80 Å². The number of rotatable bonds is 0. The molecular formula is C15H26N2O. The lowest BCUT2D eigenvalue weighted by Gasteiger charge is -2.58. The van der Waals surface area contributed by atoms with E-state index in [1.165, 1.54) is 58.3 Å². The molecule has 5 atom stereocenters. The van der Waals surface area contributed by atoms with Crippen molar-refractivity contribution in [2.75, 3.05) is 26.2 Å². The van der Waals surface area contributed by atoms with Crippen LogP contribution in [-0.4, -0.2) is 59.3 Å². The van der Waals surface area contributed by atoms with Gasteiger partial charge >= 0.3 is 0 Å². The number of nitrogens with zero attached hydrogens (tertiary/aromatic N) is 2. The monoisotopic (exact) mass is 250 g/mol. The number of piperidine rings is 4. The average molecular weight is 250 g/mol. The Kier molecular flexibility index (Phi) is 2.90. The van der Waals surface area contributed by atoms with Crippen LogP contribution in [0.15, 0.2) is 0 Å². The Morgan fingerprint density at radius 3 is 2.61 bits per heavy atom. The number of hydrogen-bond donors (Lipinski definition) is 1. The number of aliphatic hydroxyl groups is 1. The predicted octanol–water partition coefficient (Wildman–Crippen LogP) is 1.32. The van der Waals surface area contributed by atoms with E-state index in [-0.39, 0.29) is 6.10 Å². The third kappa shape index (κ3) is 1.75. The fraction of sp³-hybridized carbons (Fsp3) is 1.00. The second kappa shape index (κ2) is 4.46. The highest BCUT2D eigenvalue weighted by atomic mass is 16.3. The van der Waals surface area contributed by atoms with Crippen molar-refractivity contribution in [2.24, 2.45) is 11.8 Å². The van der Waals surface area contributed by atoms with Gasteiger partial charge in [-0.05, 0) is 57.0 Å². The summed E-state index contributed by atoms with van der Waals surface area (Å²) in [7, 11) is 0. The molecule has 2 bridgehead atoms. The number of aliphatic hydroxyl groups excluding tert-OH is 1. The van der Waals surface area contributed by atoms with E-state index in [4.69, 9.17) is 0 Å². The van der Waals surface area contributed by atoms with E-state index in [1.54, 1.807) is 0 Å².